The minimum Gasteiger partial charge on any atom is -0.350 e. The molecule has 0 saturated heterocycles. The van der Waals surface area contributed by atoms with Crippen LogP contribution in [0.1, 0.15) is 31.3 Å². The van der Waals surface area contributed by atoms with E-state index in [0.717, 1.165) is 43.9 Å². The summed E-state index contributed by atoms with van der Waals surface area (Å²) >= 11 is 1.35. The second kappa shape index (κ2) is 10.6. The molecule has 3 aromatic carbocycles. The number of carbonyl (C=O) groups is 2. The molecule has 0 radical (unpaired) electrons. The lowest BCUT2D eigenvalue weighted by atomic mass is 10.1. The molecule has 4 heterocycles. The fourth-order valence-corrected chi connectivity index (χ4v) is 6.91. The van der Waals surface area contributed by atoms with Crippen molar-refractivity contribution in [1.29, 1.82) is 0 Å². The number of pyridine rings is 1. The van der Waals surface area contributed by atoms with Crippen LogP contribution >= 0.6 is 11.3 Å². The first-order valence-corrected chi connectivity index (χ1v) is 14.8. The summed E-state index contributed by atoms with van der Waals surface area (Å²) in [7, 11) is 2.00. The Labute approximate surface area is 252 Å². The Morgan fingerprint density at radius 3 is 2.58 bits per heavy atom. The number of amides is 2. The summed E-state index contributed by atoms with van der Waals surface area (Å²) in [6.45, 7) is 2.18. The van der Waals surface area contributed by atoms with Gasteiger partial charge in [-0.1, -0.05) is 54.6 Å². The van der Waals surface area contributed by atoms with Crippen LogP contribution in [0.4, 0.5) is 15.8 Å². The van der Waals surface area contributed by atoms with Crippen LogP contribution in [0.2, 0.25) is 0 Å². The van der Waals surface area contributed by atoms with E-state index in [1.165, 1.54) is 17.4 Å². The number of anilines is 2. The standard InChI is InChI=1S/C35H27FN4O2S/c1-21-9-7-12-26(36)32(21)38-34(41)31-19-22-17-18-40(30-16-6-4-11-24(30)33(22)43-31)35(42)28-14-8-13-27(37-28)25-20-39(2)29-15-5-3-10-23(25)29/h3-16,19-20H,17-18H2,1-2H3,(H,38,41). The van der Waals surface area contributed by atoms with Crippen LogP contribution in [0.15, 0.2) is 97.2 Å². The predicted octanol–water partition coefficient (Wildman–Crippen LogP) is 7.87. The van der Waals surface area contributed by atoms with Gasteiger partial charge in [-0.15, -0.1) is 11.3 Å². The van der Waals surface area contributed by atoms with Crippen molar-refractivity contribution in [2.45, 2.75) is 13.3 Å². The highest BCUT2D eigenvalue weighted by atomic mass is 32.1. The maximum atomic E-state index is 14.4. The van der Waals surface area contributed by atoms with Gasteiger partial charge in [-0.2, -0.15) is 0 Å². The van der Waals surface area contributed by atoms with Crippen molar-refractivity contribution in [2.24, 2.45) is 7.05 Å². The Hall–Kier alpha value is -5.08. The Morgan fingerprint density at radius 2 is 1.72 bits per heavy atom. The molecule has 3 aromatic heterocycles. The number of aromatic nitrogens is 2. The first-order chi connectivity index (χ1) is 20.9. The van der Waals surface area contributed by atoms with Crippen LogP contribution in [0.25, 0.3) is 32.6 Å². The highest BCUT2D eigenvalue weighted by Crippen LogP contribution is 2.42. The van der Waals surface area contributed by atoms with Gasteiger partial charge in [-0.25, -0.2) is 9.37 Å². The molecule has 1 aliphatic rings. The summed E-state index contributed by atoms with van der Waals surface area (Å²) < 4.78 is 16.5. The third-order valence-electron chi connectivity index (χ3n) is 7.92. The van der Waals surface area contributed by atoms with Gasteiger partial charge in [0.1, 0.15) is 11.5 Å². The summed E-state index contributed by atoms with van der Waals surface area (Å²) in [4.78, 5) is 35.3. The first kappa shape index (κ1) is 26.8. The summed E-state index contributed by atoms with van der Waals surface area (Å²) in [6, 6.07) is 28.0. The number of carbonyl (C=O) groups excluding carboxylic acids is 2. The fraction of sp³-hybridized carbons (Fsp3) is 0.114. The number of thiophene rings is 1. The van der Waals surface area contributed by atoms with Gasteiger partial charge in [0.15, 0.2) is 0 Å². The molecule has 7 rings (SSSR count). The highest BCUT2D eigenvalue weighted by molar-refractivity contribution is 7.17. The summed E-state index contributed by atoms with van der Waals surface area (Å²) in [5, 5.41) is 3.83. The summed E-state index contributed by atoms with van der Waals surface area (Å²) in [6.07, 6.45) is 2.60. The minimum absolute atomic E-state index is 0.183. The van der Waals surface area contributed by atoms with Gasteiger partial charge in [-0.3, -0.25) is 9.59 Å². The van der Waals surface area contributed by atoms with Gasteiger partial charge >= 0.3 is 0 Å². The number of hydrogen-bond donors (Lipinski definition) is 1. The van der Waals surface area contributed by atoms with Gasteiger partial charge in [0.05, 0.1) is 21.9 Å². The van der Waals surface area contributed by atoms with E-state index in [1.807, 2.05) is 67.8 Å². The molecule has 6 aromatic rings. The van der Waals surface area contributed by atoms with E-state index in [0.29, 0.717) is 29.1 Å². The molecule has 0 spiro atoms. The average Bonchev–Trinajstić information content (AvgIpc) is 3.56. The minimum atomic E-state index is -0.468. The molecule has 0 saturated carbocycles. The molecule has 212 valence electrons. The second-order valence-electron chi connectivity index (χ2n) is 10.7. The number of halogens is 1. The third-order valence-corrected chi connectivity index (χ3v) is 9.13. The molecule has 8 heteroatoms. The number of rotatable bonds is 4. The first-order valence-electron chi connectivity index (χ1n) is 14.0. The van der Waals surface area contributed by atoms with Crippen molar-refractivity contribution < 1.29 is 14.0 Å². The zero-order chi connectivity index (χ0) is 29.7. The normalized spacial score (nSPS) is 12.5. The number of fused-ring (bicyclic) bond motifs is 4. The van der Waals surface area contributed by atoms with E-state index in [9.17, 15) is 14.0 Å². The molecule has 0 bridgehead atoms. The molecule has 0 atom stereocenters. The van der Waals surface area contributed by atoms with Crippen molar-refractivity contribution in [2.75, 3.05) is 16.8 Å². The Morgan fingerprint density at radius 1 is 0.930 bits per heavy atom. The molecule has 0 aliphatic carbocycles. The molecule has 0 unspecified atom stereocenters. The zero-order valence-electron chi connectivity index (χ0n) is 23.6. The molecular formula is C35H27FN4O2S. The van der Waals surface area contributed by atoms with Crippen LogP contribution in [0.5, 0.6) is 0 Å². The Bertz CT molecular complexity index is 2040. The summed E-state index contributed by atoms with van der Waals surface area (Å²) in [5.41, 5.74) is 6.64. The van der Waals surface area contributed by atoms with Crippen LogP contribution in [-0.2, 0) is 13.5 Å². The quantitative estimate of drug-likeness (QED) is 0.229. The van der Waals surface area contributed by atoms with Crippen molar-refractivity contribution in [3.8, 4) is 21.7 Å². The van der Waals surface area contributed by atoms with Crippen molar-refractivity contribution in [1.82, 2.24) is 9.55 Å². The van der Waals surface area contributed by atoms with E-state index in [2.05, 4.69) is 22.0 Å². The number of para-hydroxylation sites is 3. The smallest absolute Gasteiger partial charge is 0.276 e. The highest BCUT2D eigenvalue weighted by Gasteiger charge is 2.28. The van der Waals surface area contributed by atoms with Crippen molar-refractivity contribution >= 4 is 45.4 Å². The Balaban J connectivity index is 1.21. The van der Waals surface area contributed by atoms with Gasteiger partial charge in [-0.05, 0) is 60.9 Å². The molecule has 1 N–H and O–H groups in total. The maximum Gasteiger partial charge on any atom is 0.276 e. The number of aryl methyl sites for hydroxylation is 2. The van der Waals surface area contributed by atoms with Crippen molar-refractivity contribution in [3.05, 3.63) is 125 Å². The maximum absolute atomic E-state index is 14.4. The van der Waals surface area contributed by atoms with Crippen LogP contribution in [-0.4, -0.2) is 27.9 Å². The molecular weight excluding hydrogens is 559 g/mol. The van der Waals surface area contributed by atoms with Gasteiger partial charge in [0.2, 0.25) is 0 Å². The lowest BCUT2D eigenvalue weighted by Crippen LogP contribution is -2.33. The Kier molecular flexibility index (Phi) is 6.63. The molecule has 1 aliphatic heterocycles. The van der Waals surface area contributed by atoms with E-state index in [1.54, 1.807) is 30.0 Å². The van der Waals surface area contributed by atoms with Gasteiger partial charge < -0.3 is 14.8 Å². The number of hydrogen-bond acceptors (Lipinski definition) is 4. The third kappa shape index (κ3) is 4.70. The largest absolute Gasteiger partial charge is 0.350 e. The number of benzene rings is 3. The zero-order valence-corrected chi connectivity index (χ0v) is 24.4. The number of nitrogens with one attached hydrogen (secondary N) is 1. The fourth-order valence-electron chi connectivity index (χ4n) is 5.77. The molecule has 43 heavy (non-hydrogen) atoms. The van der Waals surface area contributed by atoms with Crippen LogP contribution in [0, 0.1) is 12.7 Å². The topological polar surface area (TPSA) is 67.2 Å². The molecule has 2 amide bonds. The van der Waals surface area contributed by atoms with E-state index in [-0.39, 0.29) is 17.5 Å². The second-order valence-corrected chi connectivity index (χ2v) is 11.7. The molecule has 0 fully saturated rings. The van der Waals surface area contributed by atoms with E-state index in [4.69, 9.17) is 4.98 Å². The lowest BCUT2D eigenvalue weighted by Gasteiger charge is -2.23. The number of nitrogens with zero attached hydrogens (tertiary/aromatic N) is 3. The van der Waals surface area contributed by atoms with Gasteiger partial charge in [0.25, 0.3) is 11.8 Å². The summed E-state index contributed by atoms with van der Waals surface area (Å²) in [5.74, 6) is -1.01. The SMILES string of the molecule is Cc1cccc(F)c1NC(=O)c1cc2c(s1)-c1ccccc1N(C(=O)c1cccc(-c3cn(C)c4ccccc34)n1)CC2. The molecule has 6 nitrogen and oxygen atoms in total. The average molecular weight is 587 g/mol. The van der Waals surface area contributed by atoms with E-state index < -0.39 is 5.82 Å². The lowest BCUT2D eigenvalue weighted by molar-refractivity contribution is 0.0981. The van der Waals surface area contributed by atoms with E-state index >= 15 is 0 Å². The van der Waals surface area contributed by atoms with Gasteiger partial charge in [0, 0.05) is 46.7 Å². The van der Waals surface area contributed by atoms with Crippen LogP contribution in [0.3, 0.4) is 0 Å². The van der Waals surface area contributed by atoms with Crippen LogP contribution < -0.4 is 10.2 Å². The van der Waals surface area contributed by atoms with Crippen molar-refractivity contribution in [3.63, 3.8) is 0 Å². The predicted molar refractivity (Wildman–Crippen MR) is 170 cm³/mol. The monoisotopic (exact) mass is 586 g/mol.